The average Bonchev–Trinajstić information content (AvgIpc) is 3.56. The molecule has 3 heterocycles. The molecule has 1 aliphatic heterocycles. The Balaban J connectivity index is 1.46. The molecule has 7 nitrogen and oxygen atoms in total. The Morgan fingerprint density at radius 3 is 2.67 bits per heavy atom. The van der Waals surface area contributed by atoms with Crippen LogP contribution in [0.4, 0.5) is 5.13 Å². The number of anilines is 1. The molecule has 1 saturated heterocycles. The number of halogens is 1. The standard InChI is InChI=1S/C26H26ClN3O4S2/c1-17-7-10-21(11-8-17)36(32,33)29-13-3-5-19(15-29)25(31)30(16-20-6-4-14-34-20)26-28-23-18(2)9-12-22(27)24(23)35-26/h4,6-12,14,19H,3,5,13,15-16H2,1-2H3. The van der Waals surface area contributed by atoms with Gasteiger partial charge in [0, 0.05) is 13.1 Å². The first-order chi connectivity index (χ1) is 17.2. The number of piperidine rings is 1. The van der Waals surface area contributed by atoms with Crippen LogP contribution in [0.5, 0.6) is 0 Å². The molecule has 1 amide bonds. The van der Waals surface area contributed by atoms with Crippen LogP contribution >= 0.6 is 22.9 Å². The second-order valence-electron chi connectivity index (χ2n) is 9.06. The van der Waals surface area contributed by atoms with E-state index < -0.39 is 15.9 Å². The molecule has 0 spiro atoms. The normalized spacial score (nSPS) is 16.9. The number of carbonyl (C=O) groups excluding carboxylic acids is 1. The van der Waals surface area contributed by atoms with Gasteiger partial charge in [-0.2, -0.15) is 4.31 Å². The number of thiazole rings is 1. The number of fused-ring (bicyclic) bond motifs is 1. The number of carbonyl (C=O) groups is 1. The molecular formula is C26H26ClN3O4S2. The van der Waals surface area contributed by atoms with Crippen molar-refractivity contribution in [2.75, 3.05) is 18.0 Å². The molecule has 0 saturated carbocycles. The third-order valence-corrected chi connectivity index (χ3v) is 9.89. The molecule has 0 bridgehead atoms. The highest BCUT2D eigenvalue weighted by molar-refractivity contribution is 7.89. The quantitative estimate of drug-likeness (QED) is 0.307. The fourth-order valence-electron chi connectivity index (χ4n) is 4.45. The predicted molar refractivity (Wildman–Crippen MR) is 142 cm³/mol. The van der Waals surface area contributed by atoms with Crippen molar-refractivity contribution >= 4 is 54.2 Å². The van der Waals surface area contributed by atoms with E-state index in [1.165, 1.54) is 15.6 Å². The molecule has 1 atom stereocenters. The number of amides is 1. The van der Waals surface area contributed by atoms with Gasteiger partial charge in [-0.1, -0.05) is 46.7 Å². The van der Waals surface area contributed by atoms with Gasteiger partial charge in [0.05, 0.1) is 38.9 Å². The van der Waals surface area contributed by atoms with E-state index in [1.807, 2.05) is 26.0 Å². The van der Waals surface area contributed by atoms with Crippen LogP contribution in [0.25, 0.3) is 10.2 Å². The number of furan rings is 1. The van der Waals surface area contributed by atoms with E-state index in [4.69, 9.17) is 21.0 Å². The maximum absolute atomic E-state index is 13.9. The SMILES string of the molecule is Cc1ccc(S(=O)(=O)N2CCCC(C(=O)N(Cc3ccco3)c3nc4c(C)ccc(Cl)c4s3)C2)cc1. The van der Waals surface area contributed by atoms with Gasteiger partial charge >= 0.3 is 0 Å². The fourth-order valence-corrected chi connectivity index (χ4v) is 7.29. The molecule has 2 aromatic carbocycles. The molecule has 36 heavy (non-hydrogen) atoms. The number of rotatable bonds is 6. The van der Waals surface area contributed by atoms with E-state index >= 15 is 0 Å². The Morgan fingerprint density at radius 1 is 1.19 bits per heavy atom. The molecule has 1 unspecified atom stereocenters. The molecule has 0 N–H and O–H groups in total. The fraction of sp³-hybridized carbons (Fsp3) is 0.308. The van der Waals surface area contributed by atoms with Gasteiger partial charge in [0.25, 0.3) is 0 Å². The van der Waals surface area contributed by atoms with E-state index in [-0.39, 0.29) is 23.9 Å². The highest BCUT2D eigenvalue weighted by Gasteiger charge is 2.36. The Kier molecular flexibility index (Phi) is 6.91. The number of nitrogens with zero attached hydrogens (tertiary/aromatic N) is 3. The number of benzene rings is 2. The molecule has 188 valence electrons. The van der Waals surface area contributed by atoms with Gasteiger partial charge in [0.2, 0.25) is 15.9 Å². The van der Waals surface area contributed by atoms with Gasteiger partial charge < -0.3 is 4.42 Å². The van der Waals surface area contributed by atoms with Crippen LogP contribution in [-0.2, 0) is 21.4 Å². The maximum Gasteiger partial charge on any atom is 0.243 e. The largest absolute Gasteiger partial charge is 0.467 e. The zero-order chi connectivity index (χ0) is 25.4. The summed E-state index contributed by atoms with van der Waals surface area (Å²) in [5.41, 5.74) is 2.71. The lowest BCUT2D eigenvalue weighted by Crippen LogP contribution is -2.46. The first kappa shape index (κ1) is 25.0. The van der Waals surface area contributed by atoms with E-state index in [0.29, 0.717) is 35.3 Å². The number of hydrogen-bond acceptors (Lipinski definition) is 6. The number of aromatic nitrogens is 1. The second-order valence-corrected chi connectivity index (χ2v) is 12.4. The third-order valence-electron chi connectivity index (χ3n) is 6.47. The molecule has 0 aliphatic carbocycles. The number of hydrogen-bond donors (Lipinski definition) is 0. The molecule has 2 aromatic heterocycles. The van der Waals surface area contributed by atoms with Crippen molar-refractivity contribution < 1.29 is 17.6 Å². The minimum Gasteiger partial charge on any atom is -0.467 e. The van der Waals surface area contributed by atoms with Gasteiger partial charge in [-0.25, -0.2) is 13.4 Å². The molecule has 1 fully saturated rings. The van der Waals surface area contributed by atoms with E-state index in [1.54, 1.807) is 47.6 Å². The molecule has 4 aromatic rings. The highest BCUT2D eigenvalue weighted by atomic mass is 35.5. The van der Waals surface area contributed by atoms with Gasteiger partial charge in [0.15, 0.2) is 5.13 Å². The summed E-state index contributed by atoms with van der Waals surface area (Å²) >= 11 is 7.78. The second kappa shape index (κ2) is 9.97. The minimum atomic E-state index is -3.70. The lowest BCUT2D eigenvalue weighted by Gasteiger charge is -2.33. The van der Waals surface area contributed by atoms with Crippen molar-refractivity contribution in [3.63, 3.8) is 0 Å². The summed E-state index contributed by atoms with van der Waals surface area (Å²) in [7, 11) is -3.70. The van der Waals surface area contributed by atoms with Crippen LogP contribution in [-0.4, -0.2) is 36.7 Å². The van der Waals surface area contributed by atoms with Crippen molar-refractivity contribution in [3.05, 3.63) is 76.7 Å². The smallest absolute Gasteiger partial charge is 0.243 e. The molecule has 10 heteroatoms. The van der Waals surface area contributed by atoms with Crippen molar-refractivity contribution in [1.29, 1.82) is 0 Å². The Morgan fingerprint density at radius 2 is 1.97 bits per heavy atom. The van der Waals surface area contributed by atoms with Crippen LogP contribution in [0.1, 0.15) is 29.7 Å². The lowest BCUT2D eigenvalue weighted by atomic mass is 9.98. The van der Waals surface area contributed by atoms with Crippen LogP contribution in [0.15, 0.2) is 64.1 Å². The van der Waals surface area contributed by atoms with Gasteiger partial charge in [-0.3, -0.25) is 9.69 Å². The van der Waals surface area contributed by atoms with Crippen LogP contribution in [0.3, 0.4) is 0 Å². The van der Waals surface area contributed by atoms with Gasteiger partial charge in [0.1, 0.15) is 5.76 Å². The van der Waals surface area contributed by atoms with Crippen molar-refractivity contribution in [1.82, 2.24) is 9.29 Å². The summed E-state index contributed by atoms with van der Waals surface area (Å²) in [5, 5.41) is 1.10. The Bertz CT molecular complexity index is 1460. The molecule has 5 rings (SSSR count). The summed E-state index contributed by atoms with van der Waals surface area (Å²) in [6, 6.07) is 14.1. The summed E-state index contributed by atoms with van der Waals surface area (Å²) in [6.45, 7) is 4.57. The molecule has 0 radical (unpaired) electrons. The highest BCUT2D eigenvalue weighted by Crippen LogP contribution is 2.37. The first-order valence-electron chi connectivity index (χ1n) is 11.7. The van der Waals surface area contributed by atoms with E-state index in [2.05, 4.69) is 0 Å². The monoisotopic (exact) mass is 543 g/mol. The Hall–Kier alpha value is -2.72. The van der Waals surface area contributed by atoms with E-state index in [9.17, 15) is 13.2 Å². The van der Waals surface area contributed by atoms with Crippen molar-refractivity contribution in [2.45, 2.75) is 38.1 Å². The topological polar surface area (TPSA) is 83.7 Å². The van der Waals surface area contributed by atoms with Crippen LogP contribution < -0.4 is 4.90 Å². The van der Waals surface area contributed by atoms with Crippen molar-refractivity contribution in [3.8, 4) is 0 Å². The summed E-state index contributed by atoms with van der Waals surface area (Å²) in [5.74, 6) is -0.0640. The number of aryl methyl sites for hydroxylation is 2. The zero-order valence-corrected chi connectivity index (χ0v) is 22.4. The van der Waals surface area contributed by atoms with Gasteiger partial charge in [-0.15, -0.1) is 0 Å². The summed E-state index contributed by atoms with van der Waals surface area (Å²) in [4.78, 5) is 20.5. The first-order valence-corrected chi connectivity index (χ1v) is 14.3. The average molecular weight is 544 g/mol. The minimum absolute atomic E-state index is 0.119. The third kappa shape index (κ3) is 4.80. The summed E-state index contributed by atoms with van der Waals surface area (Å²) < 4.78 is 34.4. The van der Waals surface area contributed by atoms with Crippen LogP contribution in [0, 0.1) is 19.8 Å². The molecule has 1 aliphatic rings. The number of sulfonamides is 1. The van der Waals surface area contributed by atoms with Gasteiger partial charge in [-0.05, 0) is 62.6 Å². The molecular weight excluding hydrogens is 518 g/mol. The lowest BCUT2D eigenvalue weighted by molar-refractivity contribution is -0.123. The maximum atomic E-state index is 13.9. The predicted octanol–water partition coefficient (Wildman–Crippen LogP) is 5.79. The van der Waals surface area contributed by atoms with Crippen LogP contribution in [0.2, 0.25) is 5.02 Å². The van der Waals surface area contributed by atoms with E-state index in [0.717, 1.165) is 21.3 Å². The summed E-state index contributed by atoms with van der Waals surface area (Å²) in [6.07, 6.45) is 2.76. The van der Waals surface area contributed by atoms with Crippen molar-refractivity contribution in [2.24, 2.45) is 5.92 Å². The zero-order valence-electron chi connectivity index (χ0n) is 20.0. The Labute approximate surface area is 219 Å².